The molecule has 0 saturated heterocycles. The summed E-state index contributed by atoms with van der Waals surface area (Å²) in [6, 6.07) is 12.6. The van der Waals surface area contributed by atoms with Gasteiger partial charge in [-0.05, 0) is 48.5 Å². The van der Waals surface area contributed by atoms with Crippen molar-refractivity contribution in [1.82, 2.24) is 0 Å². The summed E-state index contributed by atoms with van der Waals surface area (Å²) in [4.78, 5) is 11.7. The van der Waals surface area contributed by atoms with Gasteiger partial charge >= 0.3 is 0 Å². The number of carbonyl (C=O) groups is 1. The molecule has 0 spiro atoms. The van der Waals surface area contributed by atoms with E-state index in [2.05, 4.69) is 10.6 Å². The minimum absolute atomic E-state index is 0.0454. The highest BCUT2D eigenvalue weighted by Crippen LogP contribution is 2.16. The topological polar surface area (TPSA) is 140 Å². The van der Waals surface area contributed by atoms with Crippen LogP contribution in [0.15, 0.2) is 65.2 Å². The maximum Gasteiger partial charge on any atom is 0.294 e. The lowest BCUT2D eigenvalue weighted by molar-refractivity contribution is -0.112. The zero-order valence-electron chi connectivity index (χ0n) is 12.7. The van der Waals surface area contributed by atoms with Crippen LogP contribution in [0.25, 0.3) is 0 Å². The van der Waals surface area contributed by atoms with Gasteiger partial charge in [0.2, 0.25) is 0 Å². The fourth-order valence-electron chi connectivity index (χ4n) is 1.77. The number of phenols is 1. The second kappa shape index (κ2) is 7.48. The van der Waals surface area contributed by atoms with Gasteiger partial charge in [0.25, 0.3) is 16.0 Å². The first-order chi connectivity index (χ1) is 11.8. The number of aromatic hydroxyl groups is 1. The Morgan fingerprint density at radius 3 is 2.12 bits per heavy atom. The van der Waals surface area contributed by atoms with Crippen molar-refractivity contribution in [3.05, 3.63) is 60.3 Å². The standard InChI is InChI=1S/C16H13N3O5S/c17-9-11(16(21)19-13-1-5-14(20)6-2-13)10-18-12-3-7-15(8-4-12)25(22,23)24/h1-8,10,18,20H,(H,19,21)(H,22,23,24)/b11-10-. The van der Waals surface area contributed by atoms with Crippen molar-refractivity contribution in [3.63, 3.8) is 0 Å². The third-order valence-electron chi connectivity index (χ3n) is 3.03. The summed E-state index contributed by atoms with van der Waals surface area (Å²) in [5.41, 5.74) is 0.603. The maximum absolute atomic E-state index is 12.0. The number of phenolic OH excluding ortho intramolecular Hbond substituents is 1. The Hall–Kier alpha value is -3.35. The molecule has 2 aromatic rings. The molecule has 0 heterocycles. The molecule has 0 aliphatic carbocycles. The van der Waals surface area contributed by atoms with Crippen molar-refractivity contribution in [2.75, 3.05) is 10.6 Å². The quantitative estimate of drug-likeness (QED) is 0.277. The molecule has 1 amide bonds. The third-order valence-corrected chi connectivity index (χ3v) is 3.89. The van der Waals surface area contributed by atoms with Crippen molar-refractivity contribution >= 4 is 27.4 Å². The Morgan fingerprint density at radius 1 is 1.04 bits per heavy atom. The summed E-state index contributed by atoms with van der Waals surface area (Å²) < 4.78 is 30.8. The molecular formula is C16H13N3O5S. The van der Waals surface area contributed by atoms with Gasteiger partial charge in [-0.1, -0.05) is 0 Å². The Morgan fingerprint density at radius 2 is 1.60 bits per heavy atom. The van der Waals surface area contributed by atoms with E-state index in [1.165, 1.54) is 48.5 Å². The summed E-state index contributed by atoms with van der Waals surface area (Å²) in [6.45, 7) is 0. The number of amides is 1. The first-order valence-corrected chi connectivity index (χ1v) is 8.28. The molecule has 8 nitrogen and oxygen atoms in total. The summed E-state index contributed by atoms with van der Waals surface area (Å²) >= 11 is 0. The minimum Gasteiger partial charge on any atom is -0.508 e. The monoisotopic (exact) mass is 359 g/mol. The van der Waals surface area contributed by atoms with E-state index in [1.807, 2.05) is 0 Å². The van der Waals surface area contributed by atoms with Gasteiger partial charge in [0, 0.05) is 17.6 Å². The smallest absolute Gasteiger partial charge is 0.294 e. The number of anilines is 2. The van der Waals surface area contributed by atoms with E-state index in [0.29, 0.717) is 11.4 Å². The normalized spacial score (nSPS) is 11.4. The van der Waals surface area contributed by atoms with Gasteiger partial charge in [0.1, 0.15) is 17.4 Å². The van der Waals surface area contributed by atoms with Crippen molar-refractivity contribution < 1.29 is 22.9 Å². The van der Waals surface area contributed by atoms with Crippen LogP contribution in [0, 0.1) is 11.3 Å². The van der Waals surface area contributed by atoms with Gasteiger partial charge in [-0.15, -0.1) is 0 Å². The zero-order valence-corrected chi connectivity index (χ0v) is 13.5. The number of rotatable bonds is 5. The molecule has 128 valence electrons. The van der Waals surface area contributed by atoms with Crippen LogP contribution in [0.3, 0.4) is 0 Å². The average Bonchev–Trinajstić information content (AvgIpc) is 2.57. The maximum atomic E-state index is 12.0. The van der Waals surface area contributed by atoms with Crippen LogP contribution in [0.2, 0.25) is 0 Å². The van der Waals surface area contributed by atoms with Crippen molar-refractivity contribution in [2.45, 2.75) is 4.90 Å². The van der Waals surface area contributed by atoms with Crippen LogP contribution in [0.4, 0.5) is 11.4 Å². The molecule has 0 saturated carbocycles. The van der Waals surface area contributed by atoms with Gasteiger partial charge in [0.05, 0.1) is 4.90 Å². The number of benzene rings is 2. The first-order valence-electron chi connectivity index (χ1n) is 6.84. The van der Waals surface area contributed by atoms with Crippen LogP contribution in [-0.4, -0.2) is 24.0 Å². The number of hydrogen-bond donors (Lipinski definition) is 4. The second-order valence-electron chi connectivity index (χ2n) is 4.81. The molecule has 2 aromatic carbocycles. The lowest BCUT2D eigenvalue weighted by Gasteiger charge is -2.06. The number of nitrogens with one attached hydrogen (secondary N) is 2. The predicted octanol–water partition coefficient (Wildman–Crippen LogP) is 2.10. The molecule has 0 aliphatic heterocycles. The highest BCUT2D eigenvalue weighted by molar-refractivity contribution is 7.85. The van der Waals surface area contributed by atoms with E-state index in [0.717, 1.165) is 6.20 Å². The van der Waals surface area contributed by atoms with E-state index >= 15 is 0 Å². The largest absolute Gasteiger partial charge is 0.508 e. The predicted molar refractivity (Wildman–Crippen MR) is 90.3 cm³/mol. The SMILES string of the molecule is N#C/C(=C/Nc1ccc(S(=O)(=O)O)cc1)C(=O)Nc1ccc(O)cc1. The molecule has 4 N–H and O–H groups in total. The fraction of sp³-hybridized carbons (Fsp3) is 0. The lowest BCUT2D eigenvalue weighted by Crippen LogP contribution is -2.14. The molecule has 0 radical (unpaired) electrons. The van der Waals surface area contributed by atoms with Crippen LogP contribution in [0.1, 0.15) is 0 Å². The first kappa shape index (κ1) is 18.0. The Kier molecular flexibility index (Phi) is 5.38. The number of nitrogens with zero attached hydrogens (tertiary/aromatic N) is 1. The van der Waals surface area contributed by atoms with Crippen LogP contribution < -0.4 is 10.6 Å². The summed E-state index contributed by atoms with van der Waals surface area (Å²) in [5, 5.41) is 23.4. The van der Waals surface area contributed by atoms with E-state index in [-0.39, 0.29) is 16.2 Å². The van der Waals surface area contributed by atoms with Crippen molar-refractivity contribution in [3.8, 4) is 11.8 Å². The van der Waals surface area contributed by atoms with E-state index in [4.69, 9.17) is 9.81 Å². The third kappa shape index (κ3) is 5.07. The van der Waals surface area contributed by atoms with Crippen molar-refractivity contribution in [2.24, 2.45) is 0 Å². The Balaban J connectivity index is 2.08. The van der Waals surface area contributed by atoms with Gasteiger partial charge < -0.3 is 15.7 Å². The molecule has 0 unspecified atom stereocenters. The average molecular weight is 359 g/mol. The number of nitriles is 1. The van der Waals surface area contributed by atoms with E-state index in [9.17, 15) is 18.3 Å². The second-order valence-corrected chi connectivity index (χ2v) is 6.24. The number of hydrogen-bond acceptors (Lipinski definition) is 6. The van der Waals surface area contributed by atoms with Gasteiger partial charge in [-0.2, -0.15) is 13.7 Å². The molecule has 0 aromatic heterocycles. The molecule has 9 heteroatoms. The van der Waals surface area contributed by atoms with Crippen LogP contribution >= 0.6 is 0 Å². The Labute approximate surface area is 143 Å². The van der Waals surface area contributed by atoms with Gasteiger partial charge in [0.15, 0.2) is 0 Å². The van der Waals surface area contributed by atoms with E-state index < -0.39 is 16.0 Å². The molecule has 0 fully saturated rings. The molecule has 2 rings (SSSR count). The zero-order chi connectivity index (χ0) is 18.4. The lowest BCUT2D eigenvalue weighted by atomic mass is 10.2. The number of carbonyl (C=O) groups excluding carboxylic acids is 1. The highest BCUT2D eigenvalue weighted by atomic mass is 32.2. The van der Waals surface area contributed by atoms with Crippen LogP contribution in [-0.2, 0) is 14.9 Å². The van der Waals surface area contributed by atoms with Gasteiger partial charge in [-0.3, -0.25) is 9.35 Å². The van der Waals surface area contributed by atoms with Crippen LogP contribution in [0.5, 0.6) is 5.75 Å². The summed E-state index contributed by atoms with van der Waals surface area (Å²) in [7, 11) is -4.28. The fourth-order valence-corrected chi connectivity index (χ4v) is 2.25. The molecule has 0 bridgehead atoms. The highest BCUT2D eigenvalue weighted by Gasteiger charge is 2.10. The molecule has 25 heavy (non-hydrogen) atoms. The molecule has 0 aliphatic rings. The van der Waals surface area contributed by atoms with Gasteiger partial charge in [-0.25, -0.2) is 0 Å². The summed E-state index contributed by atoms with van der Waals surface area (Å²) in [6.07, 6.45) is 1.16. The van der Waals surface area contributed by atoms with E-state index in [1.54, 1.807) is 6.07 Å². The Bertz CT molecular complexity index is 943. The summed E-state index contributed by atoms with van der Waals surface area (Å²) in [5.74, 6) is -0.612. The van der Waals surface area contributed by atoms with Crippen molar-refractivity contribution in [1.29, 1.82) is 5.26 Å². The molecular weight excluding hydrogens is 346 g/mol. The minimum atomic E-state index is -4.28. The molecule has 0 atom stereocenters.